The Hall–Kier alpha value is 0.310. The molecule has 2 heteroatoms. The summed E-state index contributed by atoms with van der Waals surface area (Å²) in [5.74, 6) is 2.35. The summed E-state index contributed by atoms with van der Waals surface area (Å²) >= 11 is 2.21. The molecule has 0 radical (unpaired) electrons. The molecule has 1 saturated carbocycles. The van der Waals surface area contributed by atoms with E-state index in [-0.39, 0.29) is 0 Å². The minimum absolute atomic E-state index is 0.477. The highest BCUT2D eigenvalue weighted by atomic mass is 32.2. The second-order valence-electron chi connectivity index (χ2n) is 5.26. The molecule has 1 aliphatic carbocycles. The maximum atomic E-state index is 3.90. The number of hydrogen-bond acceptors (Lipinski definition) is 2. The predicted octanol–water partition coefficient (Wildman–Crippen LogP) is 3.79. The van der Waals surface area contributed by atoms with Crippen molar-refractivity contribution in [1.29, 1.82) is 0 Å². The number of nitrogens with one attached hydrogen (secondary N) is 1. The highest BCUT2D eigenvalue weighted by Gasteiger charge is 2.39. The molecular weight excluding hydrogens is 202 g/mol. The second kappa shape index (κ2) is 5.09. The molecule has 0 bridgehead atoms. The Kier molecular flexibility index (Phi) is 4.00. The molecule has 15 heavy (non-hydrogen) atoms. The van der Waals surface area contributed by atoms with Crippen LogP contribution in [0.4, 0.5) is 0 Å². The minimum Gasteiger partial charge on any atom is -0.299 e. The first-order chi connectivity index (χ1) is 7.28. The van der Waals surface area contributed by atoms with Gasteiger partial charge in [-0.05, 0) is 31.6 Å². The van der Waals surface area contributed by atoms with Gasteiger partial charge in [0.2, 0.25) is 0 Å². The molecule has 0 amide bonds. The Balaban J connectivity index is 1.92. The minimum atomic E-state index is 0.477. The Morgan fingerprint density at radius 2 is 2.07 bits per heavy atom. The molecule has 1 spiro atoms. The lowest BCUT2D eigenvalue weighted by Gasteiger charge is -2.28. The first-order valence-electron chi connectivity index (χ1n) is 6.69. The zero-order valence-electron chi connectivity index (χ0n) is 10.2. The van der Waals surface area contributed by atoms with Crippen LogP contribution in [0.15, 0.2) is 0 Å². The van der Waals surface area contributed by atoms with E-state index in [4.69, 9.17) is 0 Å². The van der Waals surface area contributed by atoms with Gasteiger partial charge < -0.3 is 0 Å². The summed E-state index contributed by atoms with van der Waals surface area (Å²) in [6, 6.07) is 0.785. The van der Waals surface area contributed by atoms with Crippen molar-refractivity contribution in [2.24, 2.45) is 5.92 Å². The van der Waals surface area contributed by atoms with E-state index in [1.807, 2.05) is 0 Å². The summed E-state index contributed by atoms with van der Waals surface area (Å²) < 4.78 is 0. The molecule has 0 aromatic heterocycles. The molecule has 1 aliphatic heterocycles. The molecule has 3 unspecified atom stereocenters. The SMILES string of the molecule is CCC1CCCC2(CC1)NC(CC)CS2. The van der Waals surface area contributed by atoms with Crippen LogP contribution in [-0.2, 0) is 0 Å². The normalized spacial score (nSPS) is 42.0. The first-order valence-corrected chi connectivity index (χ1v) is 7.68. The number of thioether (sulfide) groups is 1. The Morgan fingerprint density at radius 3 is 2.73 bits per heavy atom. The molecule has 1 nitrogen and oxygen atoms in total. The van der Waals surface area contributed by atoms with Crippen molar-refractivity contribution in [2.45, 2.75) is 69.7 Å². The maximum Gasteiger partial charge on any atom is 0.0648 e. The van der Waals surface area contributed by atoms with E-state index in [0.29, 0.717) is 4.87 Å². The highest BCUT2D eigenvalue weighted by Crippen LogP contribution is 2.43. The summed E-state index contributed by atoms with van der Waals surface area (Å²) in [5, 5.41) is 3.90. The monoisotopic (exact) mass is 227 g/mol. The molecule has 0 aromatic carbocycles. The van der Waals surface area contributed by atoms with Crippen molar-refractivity contribution < 1.29 is 0 Å². The van der Waals surface area contributed by atoms with Gasteiger partial charge in [-0.15, -0.1) is 11.8 Å². The molecule has 88 valence electrons. The summed E-state index contributed by atoms with van der Waals surface area (Å²) in [5.41, 5.74) is 0. The third-order valence-electron chi connectivity index (χ3n) is 4.25. The average molecular weight is 227 g/mol. The Morgan fingerprint density at radius 1 is 1.20 bits per heavy atom. The number of rotatable bonds is 2. The Bertz CT molecular complexity index is 203. The van der Waals surface area contributed by atoms with Crippen LogP contribution in [0.5, 0.6) is 0 Å². The van der Waals surface area contributed by atoms with E-state index in [0.717, 1.165) is 12.0 Å². The van der Waals surface area contributed by atoms with E-state index < -0.39 is 0 Å². The van der Waals surface area contributed by atoms with Gasteiger partial charge >= 0.3 is 0 Å². The maximum absolute atomic E-state index is 3.90. The largest absolute Gasteiger partial charge is 0.299 e. The molecule has 1 heterocycles. The van der Waals surface area contributed by atoms with Gasteiger partial charge in [-0.1, -0.05) is 33.1 Å². The van der Waals surface area contributed by atoms with E-state index in [1.54, 1.807) is 0 Å². The van der Waals surface area contributed by atoms with Crippen molar-refractivity contribution >= 4 is 11.8 Å². The van der Waals surface area contributed by atoms with Crippen LogP contribution in [0.3, 0.4) is 0 Å². The molecule has 3 atom stereocenters. The van der Waals surface area contributed by atoms with Crippen LogP contribution in [0, 0.1) is 5.92 Å². The van der Waals surface area contributed by atoms with Crippen molar-refractivity contribution in [3.63, 3.8) is 0 Å². The lowest BCUT2D eigenvalue weighted by Crippen LogP contribution is -2.41. The fourth-order valence-corrected chi connectivity index (χ4v) is 4.66. The molecule has 0 aromatic rings. The summed E-state index contributed by atoms with van der Waals surface area (Å²) in [6.07, 6.45) is 9.86. The summed E-state index contributed by atoms with van der Waals surface area (Å²) in [7, 11) is 0. The Labute approximate surface area is 98.8 Å². The fourth-order valence-electron chi connectivity index (χ4n) is 3.02. The quantitative estimate of drug-likeness (QED) is 0.770. The summed E-state index contributed by atoms with van der Waals surface area (Å²) in [6.45, 7) is 4.66. The van der Waals surface area contributed by atoms with Crippen LogP contribution in [0.1, 0.15) is 58.8 Å². The van der Waals surface area contributed by atoms with Crippen molar-refractivity contribution in [2.75, 3.05) is 5.75 Å². The van der Waals surface area contributed by atoms with E-state index in [9.17, 15) is 0 Å². The molecular formula is C13H25NS. The van der Waals surface area contributed by atoms with Crippen molar-refractivity contribution in [3.05, 3.63) is 0 Å². The molecule has 1 saturated heterocycles. The van der Waals surface area contributed by atoms with E-state index >= 15 is 0 Å². The van der Waals surface area contributed by atoms with Gasteiger partial charge in [-0.3, -0.25) is 5.32 Å². The van der Waals surface area contributed by atoms with Crippen molar-refractivity contribution in [3.8, 4) is 0 Å². The predicted molar refractivity (Wildman–Crippen MR) is 69.3 cm³/mol. The molecule has 2 rings (SSSR count). The lowest BCUT2D eigenvalue weighted by molar-refractivity contribution is 0.381. The van der Waals surface area contributed by atoms with Crippen LogP contribution in [0.2, 0.25) is 0 Å². The van der Waals surface area contributed by atoms with E-state index in [1.165, 1.54) is 50.7 Å². The zero-order valence-corrected chi connectivity index (χ0v) is 11.0. The van der Waals surface area contributed by atoms with Gasteiger partial charge in [0.1, 0.15) is 0 Å². The average Bonchev–Trinajstić information content (AvgIpc) is 2.55. The van der Waals surface area contributed by atoms with Crippen LogP contribution in [-0.4, -0.2) is 16.7 Å². The lowest BCUT2D eigenvalue weighted by atomic mass is 9.97. The van der Waals surface area contributed by atoms with Gasteiger partial charge in [0.15, 0.2) is 0 Å². The standard InChI is InChI=1S/C13H25NS/c1-3-11-6-5-8-13(9-7-11)14-12(4-2)10-15-13/h11-12,14H,3-10H2,1-2H3. The fraction of sp³-hybridized carbons (Fsp3) is 1.00. The first kappa shape index (κ1) is 11.8. The second-order valence-corrected chi connectivity index (χ2v) is 6.66. The van der Waals surface area contributed by atoms with Gasteiger partial charge in [-0.25, -0.2) is 0 Å². The molecule has 2 fully saturated rings. The highest BCUT2D eigenvalue weighted by molar-refractivity contribution is 8.00. The van der Waals surface area contributed by atoms with Crippen LogP contribution >= 0.6 is 11.8 Å². The van der Waals surface area contributed by atoms with Gasteiger partial charge in [0.25, 0.3) is 0 Å². The van der Waals surface area contributed by atoms with Gasteiger partial charge in [0, 0.05) is 11.8 Å². The van der Waals surface area contributed by atoms with Gasteiger partial charge in [-0.2, -0.15) is 0 Å². The summed E-state index contributed by atoms with van der Waals surface area (Å²) in [4.78, 5) is 0.477. The van der Waals surface area contributed by atoms with Crippen molar-refractivity contribution in [1.82, 2.24) is 5.32 Å². The smallest absolute Gasteiger partial charge is 0.0648 e. The zero-order chi connectivity index (χ0) is 10.7. The third-order valence-corrected chi connectivity index (χ3v) is 5.90. The topological polar surface area (TPSA) is 12.0 Å². The van der Waals surface area contributed by atoms with Crippen LogP contribution in [0.25, 0.3) is 0 Å². The van der Waals surface area contributed by atoms with Crippen LogP contribution < -0.4 is 5.32 Å². The molecule has 2 aliphatic rings. The van der Waals surface area contributed by atoms with Gasteiger partial charge in [0.05, 0.1) is 4.87 Å². The number of hydrogen-bond donors (Lipinski definition) is 1. The molecule has 1 N–H and O–H groups in total. The third kappa shape index (κ3) is 2.71. The van der Waals surface area contributed by atoms with E-state index in [2.05, 4.69) is 30.9 Å².